The molecule has 0 aliphatic rings. The van der Waals surface area contributed by atoms with E-state index in [0.29, 0.717) is 10.8 Å². The summed E-state index contributed by atoms with van der Waals surface area (Å²) in [5, 5.41) is 0. The van der Waals surface area contributed by atoms with Crippen molar-refractivity contribution >= 4 is 45.2 Å². The van der Waals surface area contributed by atoms with Crippen molar-refractivity contribution in [1.82, 2.24) is 4.90 Å². The zero-order valence-corrected chi connectivity index (χ0v) is 14.3. The van der Waals surface area contributed by atoms with Gasteiger partial charge in [0, 0.05) is 17.5 Å². The second-order valence-electron chi connectivity index (χ2n) is 5.97. The number of halogens is 2. The second kappa shape index (κ2) is 6.23. The topological polar surface area (TPSA) is 3.24 Å². The molecule has 0 N–H and O–H groups in total. The molecule has 0 amide bonds. The minimum atomic E-state index is 0.409. The van der Waals surface area contributed by atoms with E-state index in [0.717, 1.165) is 4.55 Å². The van der Waals surface area contributed by atoms with E-state index >= 15 is 0 Å². The molecule has 0 aromatic rings. The second-order valence-corrected chi connectivity index (χ2v) is 7.41. The molecule has 0 aliphatic heterocycles. The van der Waals surface area contributed by atoms with Gasteiger partial charge in [0.2, 0.25) is 0 Å². The fourth-order valence-electron chi connectivity index (χ4n) is 1.46. The predicted molar refractivity (Wildman–Crippen MR) is 82.6 cm³/mol. The van der Waals surface area contributed by atoms with Crippen LogP contribution in [-0.4, -0.2) is 27.0 Å². The molecule has 14 heavy (non-hydrogen) atoms. The molecule has 0 heterocycles. The molecule has 3 heteroatoms. The quantitative estimate of drug-likeness (QED) is 0.364. The summed E-state index contributed by atoms with van der Waals surface area (Å²) in [7, 11) is 0. The summed E-state index contributed by atoms with van der Waals surface area (Å²) in [6.45, 7) is 14.0. The molecular weight excluding hydrogens is 400 g/mol. The molecule has 0 bridgehead atoms. The Kier molecular flexibility index (Phi) is 6.86. The smallest absolute Gasteiger partial charge is 0.0506 e. The van der Waals surface area contributed by atoms with Crippen LogP contribution in [0.3, 0.4) is 0 Å². The van der Waals surface area contributed by atoms with Crippen molar-refractivity contribution in [3.05, 3.63) is 0 Å². The van der Waals surface area contributed by atoms with Crippen molar-refractivity contribution in [3.63, 3.8) is 0 Å². The van der Waals surface area contributed by atoms with Gasteiger partial charge < -0.3 is 0 Å². The Morgan fingerprint density at radius 3 is 1.71 bits per heavy atom. The van der Waals surface area contributed by atoms with E-state index in [9.17, 15) is 0 Å². The van der Waals surface area contributed by atoms with E-state index in [4.69, 9.17) is 0 Å². The van der Waals surface area contributed by atoms with Crippen LogP contribution in [-0.2, 0) is 0 Å². The summed E-state index contributed by atoms with van der Waals surface area (Å²) in [5.41, 5.74) is 0.851. The highest BCUT2D eigenvalue weighted by Crippen LogP contribution is 2.23. The molecule has 0 radical (unpaired) electrons. The fraction of sp³-hybridized carbons (Fsp3) is 1.00. The Morgan fingerprint density at radius 1 is 0.929 bits per heavy atom. The fourth-order valence-corrected chi connectivity index (χ4v) is 2.18. The number of hydrogen-bond donors (Lipinski definition) is 0. The molecule has 1 nitrogen and oxygen atoms in total. The Morgan fingerprint density at radius 2 is 1.43 bits per heavy atom. The van der Waals surface area contributed by atoms with E-state index in [1.807, 2.05) is 0 Å². The molecule has 0 rings (SSSR count). The molecule has 0 unspecified atom stereocenters. The molecule has 0 atom stereocenters. The molecular formula is C11H23I2N. The zero-order valence-electron chi connectivity index (χ0n) is 10.0. The van der Waals surface area contributed by atoms with Crippen LogP contribution in [0.5, 0.6) is 0 Å². The third kappa shape index (κ3) is 7.68. The van der Waals surface area contributed by atoms with E-state index in [-0.39, 0.29) is 0 Å². The van der Waals surface area contributed by atoms with Crippen molar-refractivity contribution in [1.29, 1.82) is 0 Å². The normalized spacial score (nSPS) is 13.7. The molecule has 0 saturated carbocycles. The largest absolute Gasteiger partial charge is 0.293 e. The van der Waals surface area contributed by atoms with Crippen molar-refractivity contribution in [3.8, 4) is 0 Å². The van der Waals surface area contributed by atoms with Crippen LogP contribution in [0.1, 0.15) is 34.6 Å². The third-order valence-electron chi connectivity index (χ3n) is 1.88. The highest BCUT2D eigenvalue weighted by Gasteiger charge is 2.23. The van der Waals surface area contributed by atoms with Crippen LogP contribution in [0.2, 0.25) is 0 Å². The highest BCUT2D eigenvalue weighted by molar-refractivity contribution is 14.1. The lowest BCUT2D eigenvalue weighted by Crippen LogP contribution is -2.39. The van der Waals surface area contributed by atoms with Crippen molar-refractivity contribution < 1.29 is 0 Å². The molecule has 0 spiro atoms. The van der Waals surface area contributed by atoms with Crippen LogP contribution in [0.15, 0.2) is 0 Å². The zero-order chi connectivity index (χ0) is 11.4. The molecule has 86 valence electrons. The van der Waals surface area contributed by atoms with Crippen LogP contribution in [0.25, 0.3) is 0 Å². The average Bonchev–Trinajstić information content (AvgIpc) is 2.00. The first-order valence-corrected chi connectivity index (χ1v) is 8.10. The standard InChI is InChI=1S/C11H23I2N/c1-10(2,3)7-14(9-13)8-11(4,5)6-12/h6-9H2,1-5H3. The minimum absolute atomic E-state index is 0.409. The van der Waals surface area contributed by atoms with Crippen LogP contribution in [0.4, 0.5) is 0 Å². The summed E-state index contributed by atoms with van der Waals surface area (Å²) < 4.78 is 2.36. The van der Waals surface area contributed by atoms with Gasteiger partial charge in [-0.1, -0.05) is 79.8 Å². The molecule has 0 aliphatic carbocycles. The monoisotopic (exact) mass is 423 g/mol. The van der Waals surface area contributed by atoms with Gasteiger partial charge in [-0.05, 0) is 10.8 Å². The summed E-state index contributed by atoms with van der Waals surface area (Å²) >= 11 is 4.96. The summed E-state index contributed by atoms with van der Waals surface area (Å²) in [4.78, 5) is 2.55. The Balaban J connectivity index is 4.17. The maximum atomic E-state index is 2.55. The van der Waals surface area contributed by atoms with Crippen molar-refractivity contribution in [2.75, 3.05) is 22.1 Å². The first-order valence-electron chi connectivity index (χ1n) is 5.04. The average molecular weight is 423 g/mol. The molecule has 0 saturated heterocycles. The van der Waals surface area contributed by atoms with E-state index in [1.165, 1.54) is 17.5 Å². The SMILES string of the molecule is CC(C)(C)CN(CI)CC(C)(C)CI. The lowest BCUT2D eigenvalue weighted by atomic mass is 9.92. The Hall–Kier alpha value is 1.42. The van der Waals surface area contributed by atoms with Gasteiger partial charge >= 0.3 is 0 Å². The van der Waals surface area contributed by atoms with Gasteiger partial charge in [-0.2, -0.15) is 0 Å². The van der Waals surface area contributed by atoms with E-state index in [2.05, 4.69) is 84.7 Å². The Labute approximate surface area is 117 Å². The van der Waals surface area contributed by atoms with Gasteiger partial charge in [-0.3, -0.25) is 4.90 Å². The Bertz CT molecular complexity index is 161. The van der Waals surface area contributed by atoms with Gasteiger partial charge in [-0.25, -0.2) is 0 Å². The van der Waals surface area contributed by atoms with E-state index < -0.39 is 0 Å². The number of hydrogen-bond acceptors (Lipinski definition) is 1. The molecule has 0 fully saturated rings. The van der Waals surface area contributed by atoms with Crippen LogP contribution in [0, 0.1) is 10.8 Å². The lowest BCUT2D eigenvalue weighted by molar-refractivity contribution is 0.172. The van der Waals surface area contributed by atoms with Crippen molar-refractivity contribution in [2.24, 2.45) is 10.8 Å². The number of rotatable bonds is 5. The van der Waals surface area contributed by atoms with Gasteiger partial charge in [0.25, 0.3) is 0 Å². The molecule has 0 aromatic heterocycles. The van der Waals surface area contributed by atoms with Gasteiger partial charge in [0.05, 0.1) is 4.55 Å². The number of alkyl halides is 2. The van der Waals surface area contributed by atoms with Crippen LogP contribution < -0.4 is 0 Å². The maximum Gasteiger partial charge on any atom is 0.0506 e. The van der Waals surface area contributed by atoms with Crippen molar-refractivity contribution in [2.45, 2.75) is 34.6 Å². The summed E-state index contributed by atoms with van der Waals surface area (Å²) in [5.74, 6) is 0. The van der Waals surface area contributed by atoms with Gasteiger partial charge in [-0.15, -0.1) is 0 Å². The van der Waals surface area contributed by atoms with Crippen LogP contribution >= 0.6 is 45.2 Å². The predicted octanol–water partition coefficient (Wildman–Crippen LogP) is 4.19. The highest BCUT2D eigenvalue weighted by atomic mass is 127. The van der Waals surface area contributed by atoms with Gasteiger partial charge in [0.1, 0.15) is 0 Å². The first-order chi connectivity index (χ1) is 6.20. The molecule has 0 aromatic carbocycles. The minimum Gasteiger partial charge on any atom is -0.293 e. The lowest BCUT2D eigenvalue weighted by Gasteiger charge is -2.34. The summed E-state index contributed by atoms with van der Waals surface area (Å²) in [6, 6.07) is 0. The maximum absolute atomic E-state index is 2.55. The summed E-state index contributed by atoms with van der Waals surface area (Å²) in [6.07, 6.45) is 0. The van der Waals surface area contributed by atoms with Gasteiger partial charge in [0.15, 0.2) is 0 Å². The first kappa shape index (κ1) is 15.4. The number of nitrogens with zero attached hydrogens (tertiary/aromatic N) is 1. The van der Waals surface area contributed by atoms with E-state index in [1.54, 1.807) is 0 Å². The third-order valence-corrected chi connectivity index (χ3v) is 4.91.